The lowest BCUT2D eigenvalue weighted by Gasteiger charge is -2.44. The van der Waals surface area contributed by atoms with Gasteiger partial charge in [0, 0.05) is 46.3 Å². The van der Waals surface area contributed by atoms with Crippen LogP contribution in [-0.2, 0) is 47.6 Å². The number of benzene rings is 1. The van der Waals surface area contributed by atoms with Crippen LogP contribution in [0.4, 0.5) is 0 Å². The summed E-state index contributed by atoms with van der Waals surface area (Å²) in [6, 6.07) is 4.49. The fourth-order valence-electron chi connectivity index (χ4n) is 4.26. The molecule has 220 valence electrons. The van der Waals surface area contributed by atoms with Gasteiger partial charge >= 0.3 is 23.9 Å². The Hall–Kier alpha value is -3.91. The second kappa shape index (κ2) is 13.9. The zero-order chi connectivity index (χ0) is 29.4. The first-order valence-corrected chi connectivity index (χ1v) is 12.5. The van der Waals surface area contributed by atoms with Gasteiger partial charge in [-0.05, 0) is 18.2 Å². The largest absolute Gasteiger partial charge is 0.493 e. The van der Waals surface area contributed by atoms with E-state index >= 15 is 0 Å². The van der Waals surface area contributed by atoms with E-state index in [1.54, 1.807) is 4.90 Å². The Morgan fingerprint density at radius 2 is 1.43 bits per heavy atom. The van der Waals surface area contributed by atoms with Gasteiger partial charge in [-0.1, -0.05) is 0 Å². The number of morpholine rings is 1. The van der Waals surface area contributed by atoms with Gasteiger partial charge in [-0.15, -0.1) is 0 Å². The summed E-state index contributed by atoms with van der Waals surface area (Å²) < 4.78 is 44.0. The number of methoxy groups -OCH3 is 1. The Balaban J connectivity index is 1.96. The number of rotatable bonds is 9. The minimum atomic E-state index is -1.45. The highest BCUT2D eigenvalue weighted by atomic mass is 16.7. The quantitative estimate of drug-likeness (QED) is 0.302. The maximum absolute atomic E-state index is 12.9. The first-order chi connectivity index (χ1) is 19.0. The van der Waals surface area contributed by atoms with Gasteiger partial charge < -0.3 is 42.8 Å². The Kier molecular flexibility index (Phi) is 10.7. The Morgan fingerprint density at radius 3 is 2.00 bits per heavy atom. The van der Waals surface area contributed by atoms with Crippen LogP contribution >= 0.6 is 0 Å². The number of ether oxygens (including phenoxy) is 8. The van der Waals surface area contributed by atoms with Crippen LogP contribution in [0.25, 0.3) is 0 Å². The van der Waals surface area contributed by atoms with E-state index in [9.17, 15) is 24.0 Å². The Bertz CT molecular complexity index is 1100. The molecule has 1 amide bonds. The number of carbonyl (C=O) groups excluding carboxylic acids is 5. The molecule has 40 heavy (non-hydrogen) atoms. The fourth-order valence-corrected chi connectivity index (χ4v) is 4.26. The van der Waals surface area contributed by atoms with E-state index in [1.165, 1.54) is 32.2 Å². The minimum absolute atomic E-state index is 0.0990. The van der Waals surface area contributed by atoms with Crippen molar-refractivity contribution >= 4 is 29.8 Å². The maximum Gasteiger partial charge on any atom is 0.303 e. The van der Waals surface area contributed by atoms with Crippen molar-refractivity contribution in [3.63, 3.8) is 0 Å². The van der Waals surface area contributed by atoms with Crippen LogP contribution in [0.2, 0.25) is 0 Å². The third-order valence-corrected chi connectivity index (χ3v) is 5.90. The van der Waals surface area contributed by atoms with Crippen LogP contribution in [0.15, 0.2) is 18.2 Å². The number of amides is 1. The third kappa shape index (κ3) is 8.05. The minimum Gasteiger partial charge on any atom is -0.493 e. The summed E-state index contributed by atoms with van der Waals surface area (Å²) in [6.07, 6.45) is -6.76. The van der Waals surface area contributed by atoms with E-state index in [-0.39, 0.29) is 17.4 Å². The van der Waals surface area contributed by atoms with Crippen LogP contribution in [0.1, 0.15) is 38.1 Å². The number of esters is 4. The standard InChI is InChI=1S/C26H33NO13/c1-14(28)35-13-21-22(36-15(2)29)23(37-16(3)30)24(38-17(4)31)26(40-21)39-19-7-6-18(12-20(19)33-5)25(32)27-8-10-34-11-9-27/h6-7,12,21-24,26H,8-11,13H2,1-5H3/t21-,22-,23+,24-,26-/m1/s1. The van der Waals surface area contributed by atoms with Crippen molar-refractivity contribution in [1.29, 1.82) is 0 Å². The molecule has 14 heteroatoms. The Labute approximate surface area is 230 Å². The normalized spacial score (nSPS) is 24.3. The van der Waals surface area contributed by atoms with Gasteiger partial charge in [0.25, 0.3) is 5.91 Å². The summed E-state index contributed by atoms with van der Waals surface area (Å²) in [6.45, 7) is 5.92. The topological polar surface area (TPSA) is 162 Å². The van der Waals surface area contributed by atoms with Crippen molar-refractivity contribution < 1.29 is 61.9 Å². The monoisotopic (exact) mass is 567 g/mol. The van der Waals surface area contributed by atoms with Crippen LogP contribution < -0.4 is 9.47 Å². The molecule has 0 aromatic heterocycles. The van der Waals surface area contributed by atoms with Crippen molar-refractivity contribution in [2.45, 2.75) is 58.4 Å². The predicted octanol–water partition coefficient (Wildman–Crippen LogP) is 0.630. The summed E-state index contributed by atoms with van der Waals surface area (Å²) in [4.78, 5) is 62.0. The fraction of sp³-hybridized carbons (Fsp3) is 0.577. The van der Waals surface area contributed by atoms with Gasteiger partial charge in [-0.25, -0.2) is 0 Å². The molecule has 0 bridgehead atoms. The highest BCUT2D eigenvalue weighted by Crippen LogP contribution is 2.35. The summed E-state index contributed by atoms with van der Waals surface area (Å²) >= 11 is 0. The van der Waals surface area contributed by atoms with E-state index in [0.29, 0.717) is 31.9 Å². The van der Waals surface area contributed by atoms with Gasteiger partial charge in [0.2, 0.25) is 12.4 Å². The van der Waals surface area contributed by atoms with Gasteiger partial charge in [0.15, 0.2) is 23.7 Å². The molecule has 1 aromatic carbocycles. The molecule has 1 aromatic rings. The molecule has 0 spiro atoms. The molecular weight excluding hydrogens is 534 g/mol. The summed E-state index contributed by atoms with van der Waals surface area (Å²) in [5, 5.41) is 0. The summed E-state index contributed by atoms with van der Waals surface area (Å²) in [7, 11) is 1.37. The first kappa shape index (κ1) is 30.6. The molecule has 2 aliphatic heterocycles. The van der Waals surface area contributed by atoms with Gasteiger partial charge in [0.05, 0.1) is 20.3 Å². The average molecular weight is 568 g/mol. The van der Waals surface area contributed by atoms with E-state index in [4.69, 9.17) is 37.9 Å². The average Bonchev–Trinajstić information content (AvgIpc) is 2.90. The van der Waals surface area contributed by atoms with Crippen molar-refractivity contribution in [2.75, 3.05) is 40.0 Å². The molecule has 0 unspecified atom stereocenters. The summed E-state index contributed by atoms with van der Waals surface area (Å²) in [5.41, 5.74) is 0.340. The number of carbonyl (C=O) groups is 5. The second-order valence-corrected chi connectivity index (χ2v) is 8.96. The molecule has 0 aliphatic carbocycles. The van der Waals surface area contributed by atoms with Crippen LogP contribution in [0.5, 0.6) is 11.5 Å². The van der Waals surface area contributed by atoms with E-state index < -0.39 is 61.2 Å². The molecule has 5 atom stereocenters. The highest BCUT2D eigenvalue weighted by molar-refractivity contribution is 5.95. The van der Waals surface area contributed by atoms with Gasteiger partial charge in [0.1, 0.15) is 12.7 Å². The lowest BCUT2D eigenvalue weighted by molar-refractivity contribution is -0.288. The molecular formula is C26H33NO13. The van der Waals surface area contributed by atoms with E-state index in [1.807, 2.05) is 0 Å². The third-order valence-electron chi connectivity index (χ3n) is 5.90. The molecule has 2 fully saturated rings. The first-order valence-electron chi connectivity index (χ1n) is 12.5. The number of hydrogen-bond acceptors (Lipinski definition) is 13. The smallest absolute Gasteiger partial charge is 0.303 e. The molecule has 2 saturated heterocycles. The molecule has 0 saturated carbocycles. The van der Waals surface area contributed by atoms with Crippen molar-refractivity contribution in [1.82, 2.24) is 4.90 Å². The van der Waals surface area contributed by atoms with Gasteiger partial charge in [-0.2, -0.15) is 0 Å². The van der Waals surface area contributed by atoms with Crippen LogP contribution in [0.3, 0.4) is 0 Å². The molecule has 14 nitrogen and oxygen atoms in total. The molecule has 2 heterocycles. The maximum atomic E-state index is 12.9. The lowest BCUT2D eigenvalue weighted by Crippen LogP contribution is -2.63. The van der Waals surface area contributed by atoms with Gasteiger partial charge in [-0.3, -0.25) is 24.0 Å². The summed E-state index contributed by atoms with van der Waals surface area (Å²) in [5.74, 6) is -2.89. The predicted molar refractivity (Wildman–Crippen MR) is 132 cm³/mol. The van der Waals surface area contributed by atoms with Crippen LogP contribution in [0, 0.1) is 0 Å². The molecule has 0 radical (unpaired) electrons. The number of nitrogens with zero attached hydrogens (tertiary/aromatic N) is 1. The van der Waals surface area contributed by atoms with Crippen molar-refractivity contribution in [3.8, 4) is 11.5 Å². The molecule has 0 N–H and O–H groups in total. The van der Waals surface area contributed by atoms with Crippen LogP contribution in [-0.4, -0.2) is 105 Å². The highest BCUT2D eigenvalue weighted by Gasteiger charge is 2.53. The van der Waals surface area contributed by atoms with Crippen molar-refractivity contribution in [2.24, 2.45) is 0 Å². The zero-order valence-corrected chi connectivity index (χ0v) is 22.9. The molecule has 2 aliphatic rings. The SMILES string of the molecule is COc1cc(C(=O)N2CCOCC2)ccc1O[C@@H]1O[C@H](COC(C)=O)[C@@H](OC(C)=O)[C@H](OC(C)=O)[C@H]1OC(C)=O. The second-order valence-electron chi connectivity index (χ2n) is 8.96. The Morgan fingerprint density at radius 1 is 0.825 bits per heavy atom. The lowest BCUT2D eigenvalue weighted by atomic mass is 9.98. The zero-order valence-electron chi connectivity index (χ0n) is 22.9. The number of hydrogen-bond donors (Lipinski definition) is 0. The van der Waals surface area contributed by atoms with E-state index in [0.717, 1.165) is 20.8 Å². The molecule has 3 rings (SSSR count). The van der Waals surface area contributed by atoms with E-state index in [2.05, 4.69) is 0 Å². The van der Waals surface area contributed by atoms with Crippen molar-refractivity contribution in [3.05, 3.63) is 23.8 Å².